The summed E-state index contributed by atoms with van der Waals surface area (Å²) in [5.41, 5.74) is 1.49. The molecule has 2 aliphatic heterocycles. The van der Waals surface area contributed by atoms with Crippen LogP contribution in [0, 0.1) is 30.5 Å². The molecule has 1 saturated heterocycles. The summed E-state index contributed by atoms with van der Waals surface area (Å²) in [6.07, 6.45) is 12.1. The first-order valence-electron chi connectivity index (χ1n) is 13.8. The average Bonchev–Trinajstić information content (AvgIpc) is 3.55. The van der Waals surface area contributed by atoms with Crippen molar-refractivity contribution in [2.24, 2.45) is 17.8 Å². The van der Waals surface area contributed by atoms with E-state index < -0.39 is 0 Å². The van der Waals surface area contributed by atoms with Gasteiger partial charge in [-0.05, 0) is 67.6 Å². The zero-order chi connectivity index (χ0) is 26.1. The van der Waals surface area contributed by atoms with Crippen LogP contribution in [0.2, 0.25) is 0 Å². The first-order valence-corrected chi connectivity index (χ1v) is 13.8. The van der Waals surface area contributed by atoms with Crippen LogP contribution in [0.4, 0.5) is 10.3 Å². The number of imidazole rings is 1. The number of hydrogen-bond acceptors (Lipinski definition) is 6. The van der Waals surface area contributed by atoms with Crippen molar-refractivity contribution in [1.29, 1.82) is 0 Å². The van der Waals surface area contributed by atoms with E-state index in [0.29, 0.717) is 36.9 Å². The fourth-order valence-corrected chi connectivity index (χ4v) is 6.01. The Morgan fingerprint density at radius 1 is 1.11 bits per heavy atom. The first kappa shape index (κ1) is 24.8. The van der Waals surface area contributed by atoms with Crippen LogP contribution in [-0.2, 0) is 24.3 Å². The molecule has 3 aliphatic rings. The Morgan fingerprint density at radius 3 is 2.71 bits per heavy atom. The van der Waals surface area contributed by atoms with Crippen LogP contribution in [0.1, 0.15) is 42.6 Å². The lowest BCUT2D eigenvalue weighted by Crippen LogP contribution is -2.39. The highest BCUT2D eigenvalue weighted by atomic mass is 19.1. The Bertz CT molecular complexity index is 1270. The van der Waals surface area contributed by atoms with Gasteiger partial charge in [-0.25, -0.2) is 19.3 Å². The summed E-state index contributed by atoms with van der Waals surface area (Å²) in [7, 11) is 0. The molecule has 3 aromatic rings. The predicted molar refractivity (Wildman–Crippen MR) is 141 cm³/mol. The van der Waals surface area contributed by atoms with Crippen LogP contribution in [0.3, 0.4) is 0 Å². The van der Waals surface area contributed by atoms with Crippen LogP contribution in [0.25, 0.3) is 0 Å². The maximum absolute atomic E-state index is 14.8. The number of halogens is 1. The van der Waals surface area contributed by atoms with Crippen molar-refractivity contribution >= 4 is 11.9 Å². The van der Waals surface area contributed by atoms with Crippen molar-refractivity contribution < 1.29 is 13.9 Å². The quantitative estimate of drug-likeness (QED) is 0.448. The summed E-state index contributed by atoms with van der Waals surface area (Å²) in [4.78, 5) is 30.0. The van der Waals surface area contributed by atoms with Gasteiger partial charge in [0.2, 0.25) is 11.9 Å². The fraction of sp³-hybridized carbons (Fsp3) is 0.517. The molecule has 8 nitrogen and oxygen atoms in total. The molecule has 0 bridgehead atoms. The minimum absolute atomic E-state index is 0.0471. The fourth-order valence-electron chi connectivity index (χ4n) is 6.01. The molecule has 38 heavy (non-hydrogen) atoms. The molecule has 9 heteroatoms. The Hall–Kier alpha value is -3.49. The van der Waals surface area contributed by atoms with Crippen LogP contribution in [-0.4, -0.2) is 56.6 Å². The van der Waals surface area contributed by atoms with Gasteiger partial charge in [0.15, 0.2) is 0 Å². The van der Waals surface area contributed by atoms with Crippen molar-refractivity contribution in [2.45, 2.75) is 52.1 Å². The van der Waals surface area contributed by atoms with E-state index in [1.165, 1.54) is 25.3 Å². The van der Waals surface area contributed by atoms with Gasteiger partial charge >= 0.3 is 0 Å². The topological polar surface area (TPSA) is 76.4 Å². The first-order chi connectivity index (χ1) is 18.5. The van der Waals surface area contributed by atoms with E-state index in [9.17, 15) is 9.18 Å². The lowest BCUT2D eigenvalue weighted by atomic mass is 9.90. The van der Waals surface area contributed by atoms with Crippen molar-refractivity contribution in [3.63, 3.8) is 0 Å². The number of aryl methyl sites for hydroxylation is 1. The third kappa shape index (κ3) is 5.51. The lowest BCUT2D eigenvalue weighted by molar-refractivity contribution is -0.132. The number of aromatic nitrogens is 4. The summed E-state index contributed by atoms with van der Waals surface area (Å²) in [6.45, 7) is 6.45. The van der Waals surface area contributed by atoms with Crippen molar-refractivity contribution in [1.82, 2.24) is 24.4 Å². The molecule has 0 N–H and O–H groups in total. The normalized spacial score (nSPS) is 21.3. The van der Waals surface area contributed by atoms with Gasteiger partial charge in [-0.3, -0.25) is 4.79 Å². The number of carbonyl (C=O) groups excluding carboxylic acids is 1. The molecule has 6 rings (SSSR count). The molecule has 2 atom stereocenters. The molecule has 1 aromatic carbocycles. The van der Waals surface area contributed by atoms with Crippen molar-refractivity contribution in [2.75, 3.05) is 31.1 Å². The maximum atomic E-state index is 14.8. The molecule has 1 saturated carbocycles. The van der Waals surface area contributed by atoms with Crippen LogP contribution >= 0.6 is 0 Å². The second-order valence-electron chi connectivity index (χ2n) is 11.0. The van der Waals surface area contributed by atoms with E-state index in [2.05, 4.69) is 19.9 Å². The van der Waals surface area contributed by atoms with Gasteiger partial charge in [-0.2, -0.15) is 0 Å². The number of carbonyl (C=O) groups is 1. The van der Waals surface area contributed by atoms with Crippen LogP contribution in [0.5, 0.6) is 5.75 Å². The maximum Gasteiger partial charge on any atom is 0.227 e. The van der Waals surface area contributed by atoms with E-state index >= 15 is 0 Å². The smallest absolute Gasteiger partial charge is 0.227 e. The molecule has 0 spiro atoms. The third-order valence-electron chi connectivity index (χ3n) is 8.39. The number of piperidine rings is 1. The molecular formula is C29H35FN6O2. The number of fused-ring (bicyclic) bond motifs is 1. The van der Waals surface area contributed by atoms with E-state index in [1.54, 1.807) is 23.2 Å². The summed E-state index contributed by atoms with van der Waals surface area (Å²) < 4.78 is 22.7. The molecule has 1 amide bonds. The largest absolute Gasteiger partial charge is 0.493 e. The molecule has 1 aliphatic carbocycles. The summed E-state index contributed by atoms with van der Waals surface area (Å²) in [5.74, 6) is 4.01. The summed E-state index contributed by atoms with van der Waals surface area (Å²) in [5, 5.41) is 0. The number of anilines is 1. The predicted octanol–water partition coefficient (Wildman–Crippen LogP) is 4.03. The SMILES string of the molecule is Cc1cnc(N2CCC([C@H]3C[C@H]3CCOc3ccc(CC(=O)N4CCn5ccnc5C4)c(F)c3)CC2)nc1. The Morgan fingerprint density at radius 2 is 1.92 bits per heavy atom. The van der Waals surface area contributed by atoms with Crippen LogP contribution < -0.4 is 9.64 Å². The van der Waals surface area contributed by atoms with Crippen LogP contribution in [0.15, 0.2) is 43.0 Å². The number of amides is 1. The molecule has 200 valence electrons. The Labute approximate surface area is 222 Å². The van der Waals surface area contributed by atoms with E-state index in [1.807, 2.05) is 30.1 Å². The zero-order valence-corrected chi connectivity index (χ0v) is 21.9. The molecule has 0 unspecified atom stereocenters. The van der Waals surface area contributed by atoms with Gasteiger partial charge in [0.05, 0.1) is 19.6 Å². The summed E-state index contributed by atoms with van der Waals surface area (Å²) in [6, 6.07) is 4.87. The monoisotopic (exact) mass is 518 g/mol. The number of hydrogen-bond donors (Lipinski definition) is 0. The Kier molecular flexibility index (Phi) is 7.00. The summed E-state index contributed by atoms with van der Waals surface area (Å²) >= 11 is 0. The minimum Gasteiger partial charge on any atom is -0.493 e. The molecule has 4 heterocycles. The van der Waals surface area contributed by atoms with Gasteiger partial charge in [-0.15, -0.1) is 0 Å². The number of ether oxygens (including phenoxy) is 1. The highest BCUT2D eigenvalue weighted by Crippen LogP contribution is 2.49. The lowest BCUT2D eigenvalue weighted by Gasteiger charge is -2.32. The van der Waals surface area contributed by atoms with Gasteiger partial charge in [0.1, 0.15) is 17.4 Å². The Balaban J connectivity index is 0.921. The highest BCUT2D eigenvalue weighted by Gasteiger charge is 2.43. The molecule has 2 fully saturated rings. The molecule has 0 radical (unpaired) electrons. The number of benzene rings is 1. The van der Waals surface area contributed by atoms with Gasteiger partial charge < -0.3 is 19.1 Å². The van der Waals surface area contributed by atoms with Gasteiger partial charge in [0, 0.05) is 57.0 Å². The third-order valence-corrected chi connectivity index (χ3v) is 8.39. The van der Waals surface area contributed by atoms with Crippen molar-refractivity contribution in [3.05, 3.63) is 65.8 Å². The average molecular weight is 519 g/mol. The zero-order valence-electron chi connectivity index (χ0n) is 21.9. The van der Waals surface area contributed by atoms with E-state index in [0.717, 1.165) is 55.2 Å². The van der Waals surface area contributed by atoms with E-state index in [4.69, 9.17) is 4.74 Å². The standard InChI is InChI=1S/C29H35FN6O2/c1-20-17-32-29(33-18-20)35-8-4-21(5-9-35)25-14-22(25)6-13-38-24-3-2-23(26(30)16-24)15-28(37)36-12-11-34-10-7-31-27(34)19-36/h2-3,7,10,16-18,21-22,25H,4-6,8-9,11-15,19H2,1H3/t22-,25-/m1/s1. The second kappa shape index (κ2) is 10.7. The van der Waals surface area contributed by atoms with Gasteiger partial charge in [0.25, 0.3) is 0 Å². The highest BCUT2D eigenvalue weighted by molar-refractivity contribution is 5.79. The van der Waals surface area contributed by atoms with Crippen molar-refractivity contribution in [3.8, 4) is 5.75 Å². The van der Waals surface area contributed by atoms with Gasteiger partial charge in [-0.1, -0.05) is 6.07 Å². The van der Waals surface area contributed by atoms with E-state index in [-0.39, 0.29) is 18.1 Å². The second-order valence-corrected chi connectivity index (χ2v) is 11.0. The molecular weight excluding hydrogens is 483 g/mol. The number of rotatable bonds is 8. The minimum atomic E-state index is -0.386. The molecule has 2 aromatic heterocycles. The number of nitrogens with zero attached hydrogens (tertiary/aromatic N) is 6.